The summed E-state index contributed by atoms with van der Waals surface area (Å²) >= 11 is 1.65. The van der Waals surface area contributed by atoms with E-state index in [4.69, 9.17) is 0 Å². The van der Waals surface area contributed by atoms with E-state index in [1.807, 2.05) is 0 Å². The highest BCUT2D eigenvalue weighted by molar-refractivity contribution is 14.1. The van der Waals surface area contributed by atoms with Crippen LogP contribution in [0.2, 0.25) is 0 Å². The normalized spacial score (nSPS) is 9.80. The van der Waals surface area contributed by atoms with Crippen LogP contribution >= 0.6 is 22.9 Å². The zero-order valence-electron chi connectivity index (χ0n) is 5.22. The summed E-state index contributed by atoms with van der Waals surface area (Å²) in [7, 11) is 0. The smallest absolute Gasteiger partial charge is 0.313 e. The highest BCUT2D eigenvalue weighted by Crippen LogP contribution is 1.82. The van der Waals surface area contributed by atoms with Crippen LogP contribution in [0.25, 0.3) is 0 Å². The van der Waals surface area contributed by atoms with Gasteiger partial charge in [0.25, 0.3) is 5.56 Å². The molecule has 1 N–H and O–H groups in total. The molecule has 0 fully saturated rings. The minimum atomic E-state index is -0.392. The zero-order chi connectivity index (χ0) is 7.72. The van der Waals surface area contributed by atoms with E-state index >= 15 is 0 Å². The third kappa shape index (κ3) is 1.13. The van der Waals surface area contributed by atoms with Gasteiger partial charge in [-0.05, 0) is 6.92 Å². The lowest BCUT2D eigenvalue weighted by atomic mass is 10.4. The number of aryl methyl sites for hydroxylation is 1. The molecule has 4 nitrogen and oxygen atoms in total. The van der Waals surface area contributed by atoms with Gasteiger partial charge in [0.05, 0.1) is 22.9 Å². The molecule has 0 atom stereocenters. The van der Waals surface area contributed by atoms with E-state index < -0.39 is 5.69 Å². The fourth-order valence-electron chi connectivity index (χ4n) is 0.535. The molecule has 0 unspecified atom stereocenters. The lowest BCUT2D eigenvalue weighted by Gasteiger charge is -1.92. The number of nitrogens with zero attached hydrogens (tertiary/aromatic N) is 1. The second kappa shape index (κ2) is 2.57. The average molecular weight is 252 g/mol. The Hall–Kier alpha value is -0.590. The number of H-pyrrole nitrogens is 1. The van der Waals surface area contributed by atoms with Crippen LogP contribution in [0, 0.1) is 6.92 Å². The number of hydrogen-bond donors (Lipinski definition) is 1. The van der Waals surface area contributed by atoms with E-state index in [2.05, 4.69) is 4.98 Å². The topological polar surface area (TPSA) is 54.9 Å². The van der Waals surface area contributed by atoms with Crippen molar-refractivity contribution in [3.63, 3.8) is 0 Å². The first-order valence-electron chi connectivity index (χ1n) is 2.60. The maximum atomic E-state index is 10.9. The summed E-state index contributed by atoms with van der Waals surface area (Å²) in [5.74, 6) is 0. The quantitative estimate of drug-likeness (QED) is 0.663. The highest BCUT2D eigenvalue weighted by atomic mass is 127. The lowest BCUT2D eigenvalue weighted by Crippen LogP contribution is -2.29. The first-order chi connectivity index (χ1) is 4.63. The minimum Gasteiger partial charge on any atom is -0.313 e. The van der Waals surface area contributed by atoms with Crippen molar-refractivity contribution in [2.24, 2.45) is 0 Å². The number of aromatic nitrogens is 2. The van der Waals surface area contributed by atoms with E-state index in [0.29, 0.717) is 5.56 Å². The summed E-state index contributed by atoms with van der Waals surface area (Å²) in [6, 6.07) is 0. The maximum Gasteiger partial charge on any atom is 0.337 e. The Kier molecular flexibility index (Phi) is 1.93. The molecule has 1 aromatic heterocycles. The van der Waals surface area contributed by atoms with Gasteiger partial charge in [-0.2, -0.15) is 2.78 Å². The summed E-state index contributed by atoms with van der Waals surface area (Å²) in [5, 5.41) is 0. The fourth-order valence-corrected chi connectivity index (χ4v) is 1.06. The Morgan fingerprint density at radius 2 is 2.20 bits per heavy atom. The van der Waals surface area contributed by atoms with Crippen molar-refractivity contribution in [1.29, 1.82) is 0 Å². The summed E-state index contributed by atoms with van der Waals surface area (Å²) < 4.78 is 1.01. The van der Waals surface area contributed by atoms with Crippen molar-refractivity contribution in [2.75, 3.05) is 0 Å². The summed E-state index contributed by atoms with van der Waals surface area (Å²) in [4.78, 5) is 24.0. The van der Waals surface area contributed by atoms with Crippen LogP contribution in [0.4, 0.5) is 0 Å². The van der Waals surface area contributed by atoms with Crippen molar-refractivity contribution in [1.82, 2.24) is 7.76 Å². The van der Waals surface area contributed by atoms with Crippen LogP contribution in [0.15, 0.2) is 15.8 Å². The van der Waals surface area contributed by atoms with Gasteiger partial charge >= 0.3 is 5.69 Å². The largest absolute Gasteiger partial charge is 0.337 e. The van der Waals surface area contributed by atoms with Crippen molar-refractivity contribution < 1.29 is 0 Å². The Balaban J connectivity index is 3.66. The predicted molar refractivity (Wildman–Crippen MR) is 45.5 cm³/mol. The molecule has 0 saturated carbocycles. The van der Waals surface area contributed by atoms with Crippen LogP contribution in [0.5, 0.6) is 0 Å². The molecule has 0 aliphatic rings. The van der Waals surface area contributed by atoms with Crippen LogP contribution < -0.4 is 11.2 Å². The van der Waals surface area contributed by atoms with Crippen molar-refractivity contribution in [3.8, 4) is 0 Å². The Morgan fingerprint density at radius 1 is 1.60 bits per heavy atom. The van der Waals surface area contributed by atoms with Gasteiger partial charge in [0.15, 0.2) is 0 Å². The number of aromatic amines is 1. The molecule has 0 spiro atoms. The maximum absolute atomic E-state index is 10.9. The van der Waals surface area contributed by atoms with E-state index in [9.17, 15) is 9.59 Å². The molecule has 0 amide bonds. The summed E-state index contributed by atoms with van der Waals surface area (Å²) in [6.07, 6.45) is 1.40. The van der Waals surface area contributed by atoms with E-state index in [1.165, 1.54) is 6.20 Å². The number of rotatable bonds is 0. The third-order valence-corrected chi connectivity index (χ3v) is 1.98. The SMILES string of the molecule is Cc1c[nH]c(=O)n(I)c1=O. The van der Waals surface area contributed by atoms with Crippen LogP contribution in [-0.2, 0) is 0 Å². The second-order valence-electron chi connectivity index (χ2n) is 1.86. The minimum absolute atomic E-state index is 0.260. The number of nitrogens with one attached hydrogen (secondary N) is 1. The zero-order valence-corrected chi connectivity index (χ0v) is 7.38. The van der Waals surface area contributed by atoms with Crippen molar-refractivity contribution >= 4 is 22.9 Å². The van der Waals surface area contributed by atoms with Gasteiger partial charge in [0, 0.05) is 11.8 Å². The molecule has 0 aliphatic carbocycles. The molecule has 0 radical (unpaired) electrons. The molecule has 0 saturated heterocycles. The van der Waals surface area contributed by atoms with Crippen molar-refractivity contribution in [3.05, 3.63) is 32.6 Å². The Labute approximate surface area is 70.4 Å². The van der Waals surface area contributed by atoms with Crippen molar-refractivity contribution in [2.45, 2.75) is 6.92 Å². The van der Waals surface area contributed by atoms with Gasteiger partial charge in [-0.1, -0.05) is 0 Å². The highest BCUT2D eigenvalue weighted by Gasteiger charge is 1.97. The molecule has 5 heteroatoms. The van der Waals surface area contributed by atoms with Crippen LogP contribution in [0.3, 0.4) is 0 Å². The average Bonchev–Trinajstić information content (AvgIpc) is 1.93. The molecule has 54 valence electrons. The molecule has 0 bridgehead atoms. The molecular formula is C5H5IN2O2. The van der Waals surface area contributed by atoms with E-state index in [0.717, 1.165) is 2.78 Å². The first-order valence-corrected chi connectivity index (χ1v) is 3.57. The molecule has 0 aliphatic heterocycles. The second-order valence-corrected chi connectivity index (χ2v) is 2.83. The standard InChI is InChI=1S/C5H5IN2O2/c1-3-2-7-5(10)8(6)4(3)9/h2H,1H3,(H,7,10). The van der Waals surface area contributed by atoms with Crippen LogP contribution in [-0.4, -0.2) is 7.76 Å². The predicted octanol–water partition coefficient (Wildman–Crippen LogP) is 0.0431. The lowest BCUT2D eigenvalue weighted by molar-refractivity contribution is 0.985. The van der Waals surface area contributed by atoms with E-state index in [-0.39, 0.29) is 5.56 Å². The molecule has 1 rings (SSSR count). The number of hydrogen-bond acceptors (Lipinski definition) is 2. The fraction of sp³-hybridized carbons (Fsp3) is 0.200. The molecular weight excluding hydrogens is 247 g/mol. The Bertz CT molecular complexity index is 351. The number of halogens is 1. The molecule has 1 heterocycles. The molecule has 0 aromatic carbocycles. The van der Waals surface area contributed by atoms with Gasteiger partial charge in [0.2, 0.25) is 0 Å². The van der Waals surface area contributed by atoms with Gasteiger partial charge < -0.3 is 4.98 Å². The first kappa shape index (κ1) is 7.52. The monoisotopic (exact) mass is 252 g/mol. The van der Waals surface area contributed by atoms with Gasteiger partial charge in [-0.3, -0.25) is 4.79 Å². The Morgan fingerprint density at radius 3 is 2.70 bits per heavy atom. The third-order valence-electron chi connectivity index (χ3n) is 1.11. The van der Waals surface area contributed by atoms with Gasteiger partial charge in [0.1, 0.15) is 0 Å². The summed E-state index contributed by atoms with van der Waals surface area (Å²) in [5.41, 5.74) is -0.116. The van der Waals surface area contributed by atoms with E-state index in [1.54, 1.807) is 29.8 Å². The molecule has 1 aromatic rings. The van der Waals surface area contributed by atoms with Gasteiger partial charge in [-0.15, -0.1) is 0 Å². The van der Waals surface area contributed by atoms with Crippen LogP contribution in [0.1, 0.15) is 5.56 Å². The molecule has 10 heavy (non-hydrogen) atoms. The summed E-state index contributed by atoms with van der Waals surface area (Å²) in [6.45, 7) is 1.65. The van der Waals surface area contributed by atoms with Gasteiger partial charge in [-0.25, -0.2) is 4.79 Å².